The predicted molar refractivity (Wildman–Crippen MR) is 57.1 cm³/mol. The maximum atomic E-state index is 11.5. The zero-order valence-corrected chi connectivity index (χ0v) is 10.8. The zero-order valence-electron chi connectivity index (χ0n) is 8.77. The van der Waals surface area contributed by atoms with Gasteiger partial charge in [-0.15, -0.1) is 0 Å². The van der Waals surface area contributed by atoms with E-state index in [9.17, 15) is 4.79 Å². The van der Waals surface area contributed by atoms with Crippen LogP contribution in [0, 0.1) is 0 Å². The zero-order chi connectivity index (χ0) is 9.57. The van der Waals surface area contributed by atoms with Crippen molar-refractivity contribution in [1.82, 2.24) is 4.23 Å². The van der Waals surface area contributed by atoms with Gasteiger partial charge in [0, 0.05) is 6.92 Å². The third-order valence-electron chi connectivity index (χ3n) is 2.87. The van der Waals surface area contributed by atoms with Gasteiger partial charge in [-0.2, -0.15) is 0 Å². The van der Waals surface area contributed by atoms with E-state index in [2.05, 4.69) is 30.4 Å². The van der Waals surface area contributed by atoms with Crippen LogP contribution < -0.4 is 0 Å². The Hall–Kier alpha value is -0.0962. The number of nitrogens with zero attached hydrogens (tertiary/aromatic N) is 1. The van der Waals surface area contributed by atoms with Crippen molar-refractivity contribution in [3.8, 4) is 0 Å². The maximum absolute atomic E-state index is 11.5. The second-order valence-corrected chi connectivity index (χ2v) is 14.6. The lowest BCUT2D eigenvalue weighted by Crippen LogP contribution is -2.56. The molecule has 1 heterocycles. The van der Waals surface area contributed by atoms with Gasteiger partial charge in [0.2, 0.25) is 5.91 Å². The van der Waals surface area contributed by atoms with E-state index < -0.39 is 16.5 Å². The molecule has 0 bridgehead atoms. The van der Waals surface area contributed by atoms with Crippen molar-refractivity contribution >= 4 is 22.4 Å². The van der Waals surface area contributed by atoms with Crippen molar-refractivity contribution in [3.05, 3.63) is 0 Å². The van der Waals surface area contributed by atoms with Crippen LogP contribution in [-0.2, 0) is 4.79 Å². The van der Waals surface area contributed by atoms with Gasteiger partial charge in [0.15, 0.2) is 0 Å². The summed E-state index contributed by atoms with van der Waals surface area (Å²) in [5.74, 6) is 0.320. The first-order valence-electron chi connectivity index (χ1n) is 4.58. The Bertz CT molecular complexity index is 197. The Morgan fingerprint density at radius 1 is 1.08 bits per heavy atom. The molecule has 0 radical (unpaired) electrons. The Labute approximate surface area is 77.1 Å². The maximum Gasteiger partial charge on any atom is 0.203 e. The smallest absolute Gasteiger partial charge is 0.203 e. The molecule has 1 aliphatic rings. The summed E-state index contributed by atoms with van der Waals surface area (Å²) < 4.78 is 2.29. The van der Waals surface area contributed by atoms with Crippen LogP contribution in [0.3, 0.4) is 0 Å². The van der Waals surface area contributed by atoms with Crippen molar-refractivity contribution in [3.63, 3.8) is 0 Å². The van der Waals surface area contributed by atoms with E-state index in [1.807, 2.05) is 0 Å². The molecule has 1 amide bonds. The topological polar surface area (TPSA) is 20.3 Å². The van der Waals surface area contributed by atoms with Gasteiger partial charge in [-0.3, -0.25) is 4.79 Å². The van der Waals surface area contributed by atoms with Crippen LogP contribution in [0.4, 0.5) is 0 Å². The largest absolute Gasteiger partial charge is 0.396 e. The van der Waals surface area contributed by atoms with Crippen LogP contribution in [0.2, 0.25) is 38.3 Å². The molecular weight excluding hydrogens is 182 g/mol. The molecule has 1 rings (SSSR count). The van der Waals surface area contributed by atoms with Gasteiger partial charge in [0.25, 0.3) is 0 Å². The van der Waals surface area contributed by atoms with Gasteiger partial charge in [0.05, 0.1) is 0 Å². The summed E-state index contributed by atoms with van der Waals surface area (Å²) in [5, 5.41) is 0. The number of hydrogen-bond donors (Lipinski definition) is 0. The van der Waals surface area contributed by atoms with Crippen molar-refractivity contribution in [2.75, 3.05) is 0 Å². The summed E-state index contributed by atoms with van der Waals surface area (Å²) in [5.41, 5.74) is 0. The second-order valence-electron chi connectivity index (χ2n) is 4.98. The van der Waals surface area contributed by atoms with Crippen LogP contribution in [0.1, 0.15) is 6.92 Å². The average Bonchev–Trinajstić information content (AvgIpc) is 2.01. The standard InChI is InChI=1S/C8H19NOSi2/c1-8(10)9-11(2,3)6-7-12(9,4)5/h6-7H2,1-5H3. The van der Waals surface area contributed by atoms with Crippen LogP contribution >= 0.6 is 0 Å². The Kier molecular flexibility index (Phi) is 2.25. The van der Waals surface area contributed by atoms with E-state index in [0.29, 0.717) is 5.91 Å². The molecule has 0 atom stereocenters. The van der Waals surface area contributed by atoms with Gasteiger partial charge < -0.3 is 4.23 Å². The normalized spacial score (nSPS) is 25.9. The molecule has 0 saturated carbocycles. The molecule has 70 valence electrons. The summed E-state index contributed by atoms with van der Waals surface area (Å²) in [6.45, 7) is 11.0. The lowest BCUT2D eigenvalue weighted by Gasteiger charge is -2.38. The van der Waals surface area contributed by atoms with Crippen molar-refractivity contribution in [2.24, 2.45) is 0 Å². The highest BCUT2D eigenvalue weighted by molar-refractivity contribution is 6.97. The number of hydrogen-bond acceptors (Lipinski definition) is 1. The molecular formula is C8H19NOSi2. The summed E-state index contributed by atoms with van der Waals surface area (Å²) in [4.78, 5) is 11.5. The van der Waals surface area contributed by atoms with Gasteiger partial charge in [0.1, 0.15) is 16.5 Å². The van der Waals surface area contributed by atoms with Crippen LogP contribution in [0.25, 0.3) is 0 Å². The van der Waals surface area contributed by atoms with Crippen molar-refractivity contribution in [1.29, 1.82) is 0 Å². The second kappa shape index (κ2) is 2.70. The number of amides is 1. The highest BCUT2D eigenvalue weighted by Gasteiger charge is 2.48. The molecule has 0 aromatic heterocycles. The quantitative estimate of drug-likeness (QED) is 0.551. The Balaban J connectivity index is 2.96. The molecule has 1 aliphatic heterocycles. The van der Waals surface area contributed by atoms with E-state index in [1.165, 1.54) is 12.1 Å². The lowest BCUT2D eigenvalue weighted by atomic mass is 10.8. The van der Waals surface area contributed by atoms with Gasteiger partial charge >= 0.3 is 0 Å². The van der Waals surface area contributed by atoms with Crippen LogP contribution in [0.15, 0.2) is 0 Å². The molecule has 0 aromatic rings. The van der Waals surface area contributed by atoms with E-state index in [0.717, 1.165) is 0 Å². The molecule has 0 aromatic carbocycles. The Morgan fingerprint density at radius 2 is 1.42 bits per heavy atom. The summed E-state index contributed by atoms with van der Waals surface area (Å²) in [6.07, 6.45) is 0. The van der Waals surface area contributed by atoms with E-state index in [1.54, 1.807) is 6.92 Å². The van der Waals surface area contributed by atoms with Crippen LogP contribution in [0.5, 0.6) is 0 Å². The molecule has 0 unspecified atom stereocenters. The third-order valence-corrected chi connectivity index (χ3v) is 13.0. The van der Waals surface area contributed by atoms with E-state index in [4.69, 9.17) is 0 Å². The molecule has 0 N–H and O–H groups in total. The molecule has 4 heteroatoms. The first-order valence-corrected chi connectivity index (χ1v) is 10.9. The highest BCUT2D eigenvalue weighted by Crippen LogP contribution is 2.36. The van der Waals surface area contributed by atoms with Gasteiger partial charge in [-0.1, -0.05) is 26.2 Å². The highest BCUT2D eigenvalue weighted by atomic mass is 28.4. The van der Waals surface area contributed by atoms with E-state index >= 15 is 0 Å². The molecule has 2 nitrogen and oxygen atoms in total. The first kappa shape index (κ1) is 9.99. The van der Waals surface area contributed by atoms with Gasteiger partial charge in [-0.05, 0) is 12.1 Å². The fraction of sp³-hybridized carbons (Fsp3) is 0.875. The summed E-state index contributed by atoms with van der Waals surface area (Å²) in [6, 6.07) is 2.62. The minimum absolute atomic E-state index is 0.320. The molecule has 0 spiro atoms. The van der Waals surface area contributed by atoms with Crippen LogP contribution in [-0.4, -0.2) is 26.6 Å². The Morgan fingerprint density at radius 3 is 1.58 bits per heavy atom. The fourth-order valence-electron chi connectivity index (χ4n) is 2.51. The van der Waals surface area contributed by atoms with Crippen molar-refractivity contribution in [2.45, 2.75) is 45.2 Å². The molecule has 12 heavy (non-hydrogen) atoms. The molecule has 1 fully saturated rings. The average molecular weight is 201 g/mol. The lowest BCUT2D eigenvalue weighted by molar-refractivity contribution is -0.121. The molecule has 0 aliphatic carbocycles. The van der Waals surface area contributed by atoms with Crippen molar-refractivity contribution < 1.29 is 4.79 Å². The summed E-state index contributed by atoms with van der Waals surface area (Å²) in [7, 11) is -2.65. The fourth-order valence-corrected chi connectivity index (χ4v) is 16.8. The minimum Gasteiger partial charge on any atom is -0.396 e. The predicted octanol–water partition coefficient (Wildman–Crippen LogP) is 2.26. The minimum atomic E-state index is -1.32. The number of carbonyl (C=O) groups is 1. The number of carbonyl (C=O) groups excluding carboxylic acids is 1. The SMILES string of the molecule is CC(=O)N1[Si](C)(C)CC[Si]1(C)C. The number of rotatable bonds is 0. The first-order chi connectivity index (χ1) is 5.27. The monoisotopic (exact) mass is 201 g/mol. The van der Waals surface area contributed by atoms with E-state index in [-0.39, 0.29) is 0 Å². The third kappa shape index (κ3) is 1.50. The van der Waals surface area contributed by atoms with Gasteiger partial charge in [-0.25, -0.2) is 0 Å². The summed E-state index contributed by atoms with van der Waals surface area (Å²) >= 11 is 0. The molecule has 1 saturated heterocycles.